The van der Waals surface area contributed by atoms with Gasteiger partial charge in [-0.25, -0.2) is 0 Å². The topological polar surface area (TPSA) is 3.24 Å². The normalized spacial score (nSPS) is 11.6. The van der Waals surface area contributed by atoms with Crippen LogP contribution in [0, 0.1) is 0 Å². The van der Waals surface area contributed by atoms with Gasteiger partial charge in [0.25, 0.3) is 0 Å². The molecular weight excluding hydrogens is 775 g/mol. The van der Waals surface area contributed by atoms with Crippen LogP contribution in [0.25, 0.3) is 95.6 Å². The Balaban J connectivity index is 0.997. The Bertz CT molecular complexity index is 3610. The first-order chi connectivity index (χ1) is 30.2. The van der Waals surface area contributed by atoms with E-state index in [1.54, 1.807) is 0 Å². The molecule has 0 saturated carbocycles. The summed E-state index contributed by atoms with van der Waals surface area (Å²) >= 11 is 3.75. The Kier molecular flexibility index (Phi) is 8.62. The van der Waals surface area contributed by atoms with Gasteiger partial charge in [-0.05, 0) is 110 Å². The second-order valence-electron chi connectivity index (χ2n) is 15.6. The van der Waals surface area contributed by atoms with Gasteiger partial charge in [-0.15, -0.1) is 22.7 Å². The molecule has 0 amide bonds. The van der Waals surface area contributed by atoms with Crippen LogP contribution in [0.2, 0.25) is 0 Å². The monoisotopic (exact) mass is 811 g/mol. The fraction of sp³-hybridized carbons (Fsp3) is 0. The maximum absolute atomic E-state index is 2.43. The number of nitrogens with zero attached hydrogens (tertiary/aromatic N) is 1. The molecular formula is C58H37NS2. The molecule has 2 aromatic heterocycles. The second-order valence-corrected chi connectivity index (χ2v) is 17.8. The van der Waals surface area contributed by atoms with Crippen molar-refractivity contribution in [2.24, 2.45) is 0 Å². The number of hydrogen-bond acceptors (Lipinski definition) is 3. The molecule has 0 saturated heterocycles. The lowest BCUT2D eigenvalue weighted by molar-refractivity contribution is 1.28. The zero-order valence-corrected chi connectivity index (χ0v) is 34.8. The van der Waals surface area contributed by atoms with E-state index in [1.165, 1.54) is 95.6 Å². The molecule has 10 aromatic carbocycles. The summed E-state index contributed by atoms with van der Waals surface area (Å²) in [4.78, 5) is 2.43. The first-order valence-corrected chi connectivity index (χ1v) is 22.4. The van der Waals surface area contributed by atoms with E-state index in [-0.39, 0.29) is 0 Å². The van der Waals surface area contributed by atoms with Gasteiger partial charge in [0.05, 0.1) is 5.69 Å². The quantitative estimate of drug-likeness (QED) is 0.155. The molecule has 0 fully saturated rings. The largest absolute Gasteiger partial charge is 0.310 e. The first kappa shape index (κ1) is 35.6. The lowest BCUT2D eigenvalue weighted by atomic mass is 9.96. The third kappa shape index (κ3) is 6.21. The van der Waals surface area contributed by atoms with Crippen molar-refractivity contribution in [1.29, 1.82) is 0 Å². The molecule has 0 atom stereocenters. The van der Waals surface area contributed by atoms with Gasteiger partial charge in [0.1, 0.15) is 0 Å². The maximum atomic E-state index is 2.43. The highest BCUT2D eigenvalue weighted by Gasteiger charge is 2.19. The number of fused-ring (bicyclic) bond motifs is 7. The summed E-state index contributed by atoms with van der Waals surface area (Å²) < 4.78 is 5.29. The van der Waals surface area contributed by atoms with E-state index in [4.69, 9.17) is 0 Å². The molecule has 2 heterocycles. The molecule has 12 rings (SSSR count). The van der Waals surface area contributed by atoms with Crippen molar-refractivity contribution in [2.45, 2.75) is 0 Å². The zero-order chi connectivity index (χ0) is 40.3. The summed E-state index contributed by atoms with van der Waals surface area (Å²) in [5, 5.41) is 7.75. The number of hydrogen-bond donors (Lipinski definition) is 0. The minimum Gasteiger partial charge on any atom is -0.310 e. The van der Waals surface area contributed by atoms with E-state index < -0.39 is 0 Å². The second kappa shape index (κ2) is 14.8. The summed E-state index contributed by atoms with van der Waals surface area (Å²) in [7, 11) is 0. The Hall–Kier alpha value is -7.30. The van der Waals surface area contributed by atoms with Crippen molar-refractivity contribution in [3.05, 3.63) is 224 Å². The van der Waals surface area contributed by atoms with Gasteiger partial charge in [0, 0.05) is 57.3 Å². The Labute approximate surface area is 362 Å². The lowest BCUT2D eigenvalue weighted by Crippen LogP contribution is -2.11. The first-order valence-electron chi connectivity index (χ1n) is 20.7. The van der Waals surface area contributed by atoms with Crippen LogP contribution in [0.15, 0.2) is 224 Å². The van der Waals surface area contributed by atoms with Crippen LogP contribution in [0.4, 0.5) is 17.1 Å². The maximum Gasteiger partial charge on any atom is 0.0540 e. The highest BCUT2D eigenvalue weighted by molar-refractivity contribution is 7.26. The summed E-state index contributed by atoms with van der Waals surface area (Å²) in [6.07, 6.45) is 0. The van der Waals surface area contributed by atoms with Gasteiger partial charge in [0.15, 0.2) is 0 Å². The van der Waals surface area contributed by atoms with Gasteiger partial charge in [0.2, 0.25) is 0 Å². The van der Waals surface area contributed by atoms with Gasteiger partial charge < -0.3 is 4.90 Å². The minimum absolute atomic E-state index is 1.10. The van der Waals surface area contributed by atoms with Crippen LogP contribution in [-0.2, 0) is 0 Å². The summed E-state index contributed by atoms with van der Waals surface area (Å²) in [5.41, 5.74) is 13.0. The molecule has 0 aliphatic heterocycles. The van der Waals surface area contributed by atoms with Gasteiger partial charge >= 0.3 is 0 Å². The smallest absolute Gasteiger partial charge is 0.0540 e. The van der Waals surface area contributed by atoms with Crippen LogP contribution >= 0.6 is 22.7 Å². The Morgan fingerprint density at radius 2 is 0.885 bits per heavy atom. The molecule has 0 N–H and O–H groups in total. The fourth-order valence-corrected chi connectivity index (χ4v) is 11.5. The third-order valence-electron chi connectivity index (χ3n) is 12.1. The summed E-state index contributed by atoms with van der Waals surface area (Å²) in [6, 6.07) is 82.4. The van der Waals surface area contributed by atoms with Crippen molar-refractivity contribution in [2.75, 3.05) is 4.90 Å². The van der Waals surface area contributed by atoms with Crippen LogP contribution in [0.1, 0.15) is 0 Å². The molecule has 12 aromatic rings. The third-order valence-corrected chi connectivity index (χ3v) is 14.4. The van der Waals surface area contributed by atoms with Crippen LogP contribution < -0.4 is 4.90 Å². The van der Waals surface area contributed by atoms with Crippen LogP contribution in [0.5, 0.6) is 0 Å². The molecule has 0 bridgehead atoms. The van der Waals surface area contributed by atoms with E-state index in [0.29, 0.717) is 0 Å². The summed E-state index contributed by atoms with van der Waals surface area (Å²) in [6.45, 7) is 0. The van der Waals surface area contributed by atoms with Gasteiger partial charge in [-0.1, -0.05) is 164 Å². The van der Waals surface area contributed by atoms with E-state index in [0.717, 1.165) is 17.1 Å². The predicted octanol–water partition coefficient (Wildman–Crippen LogP) is 17.7. The number of anilines is 3. The van der Waals surface area contributed by atoms with Crippen molar-refractivity contribution in [1.82, 2.24) is 0 Å². The zero-order valence-electron chi connectivity index (χ0n) is 33.1. The van der Waals surface area contributed by atoms with Crippen LogP contribution in [0.3, 0.4) is 0 Å². The van der Waals surface area contributed by atoms with Crippen molar-refractivity contribution in [3.8, 4) is 44.5 Å². The molecule has 61 heavy (non-hydrogen) atoms. The van der Waals surface area contributed by atoms with Gasteiger partial charge in [-0.2, -0.15) is 0 Å². The molecule has 0 aliphatic rings. The minimum atomic E-state index is 1.10. The highest BCUT2D eigenvalue weighted by atomic mass is 32.1. The SMILES string of the molecule is c1cc(-c2cccc(N(c3ccc(-c4cccc5sc6ccccc6c45)cc3)c3ccccc3-c3ccc4ccccc4c3)c2)cc(-c2cccc3c2sc2ccccc23)c1. The molecule has 286 valence electrons. The van der Waals surface area contributed by atoms with Crippen LogP contribution in [-0.4, -0.2) is 0 Å². The molecule has 0 unspecified atom stereocenters. The van der Waals surface area contributed by atoms with Crippen molar-refractivity contribution in [3.63, 3.8) is 0 Å². The van der Waals surface area contributed by atoms with E-state index in [2.05, 4.69) is 229 Å². The summed E-state index contributed by atoms with van der Waals surface area (Å²) in [5.74, 6) is 0. The van der Waals surface area contributed by atoms with Crippen molar-refractivity contribution >= 4 is 90.9 Å². The molecule has 1 nitrogen and oxygen atoms in total. The lowest BCUT2D eigenvalue weighted by Gasteiger charge is -2.28. The van der Waals surface area contributed by atoms with E-state index >= 15 is 0 Å². The van der Waals surface area contributed by atoms with E-state index in [1.807, 2.05) is 22.7 Å². The predicted molar refractivity (Wildman–Crippen MR) is 266 cm³/mol. The van der Waals surface area contributed by atoms with Gasteiger partial charge in [-0.3, -0.25) is 0 Å². The number of thiophene rings is 2. The fourth-order valence-electron chi connectivity index (χ4n) is 9.17. The van der Waals surface area contributed by atoms with Crippen molar-refractivity contribution < 1.29 is 0 Å². The molecule has 0 radical (unpaired) electrons. The Morgan fingerprint density at radius 3 is 1.77 bits per heavy atom. The molecule has 3 heteroatoms. The standard InChI is InChI=1S/C58H37NS2/c1-2-14-40-35-44(30-29-38(40)13-1)47-19-3-6-25-53(47)59(45-33-31-39(32-34-45)48-22-12-28-56-57(48)52-21-5-8-27-55(52)60-56)46-18-10-16-42(37-46)41-15-9-17-43(36-41)49-23-11-24-51-50-20-4-7-26-54(50)61-58(49)51/h1-37H. The Morgan fingerprint density at radius 1 is 0.295 bits per heavy atom. The number of para-hydroxylation sites is 1. The van der Waals surface area contributed by atoms with E-state index in [9.17, 15) is 0 Å². The highest BCUT2D eigenvalue weighted by Crippen LogP contribution is 2.45. The number of rotatable bonds is 7. The molecule has 0 spiro atoms. The average molecular weight is 812 g/mol. The molecule has 0 aliphatic carbocycles. The average Bonchev–Trinajstić information content (AvgIpc) is 3.91. The number of benzene rings is 10.